The fourth-order valence-corrected chi connectivity index (χ4v) is 8.08. The quantitative estimate of drug-likeness (QED) is 0.408. The maximum absolute atomic E-state index is 12.3. The van der Waals surface area contributed by atoms with Crippen molar-refractivity contribution in [1.82, 2.24) is 0 Å². The largest absolute Gasteiger partial charge is 0.480 e. The molecule has 5 atom stereocenters. The predicted octanol–water partition coefficient (Wildman–Crippen LogP) is 6.17. The van der Waals surface area contributed by atoms with Crippen LogP contribution in [0.3, 0.4) is 0 Å². The monoisotopic (exact) mass is 535 g/mol. The van der Waals surface area contributed by atoms with Crippen molar-refractivity contribution in [2.24, 2.45) is 17.3 Å². The molecule has 40 heavy (non-hydrogen) atoms. The number of anilines is 1. The van der Waals surface area contributed by atoms with E-state index in [2.05, 4.69) is 55.3 Å². The van der Waals surface area contributed by atoms with Crippen LogP contribution < -0.4 is 5.32 Å². The van der Waals surface area contributed by atoms with Gasteiger partial charge in [0.25, 0.3) is 0 Å². The van der Waals surface area contributed by atoms with Crippen LogP contribution in [0.4, 0.5) is 5.69 Å². The minimum atomic E-state index is -1.10. The Morgan fingerprint density at radius 3 is 2.65 bits per heavy atom. The van der Waals surface area contributed by atoms with Gasteiger partial charge in [0.05, 0.1) is 0 Å². The van der Waals surface area contributed by atoms with Crippen LogP contribution in [0.15, 0.2) is 71.3 Å². The minimum absolute atomic E-state index is 0.139. The van der Waals surface area contributed by atoms with E-state index in [1.165, 1.54) is 27.8 Å². The van der Waals surface area contributed by atoms with Crippen LogP contribution in [-0.2, 0) is 9.59 Å². The Morgan fingerprint density at radius 2 is 1.90 bits per heavy atom. The summed E-state index contributed by atoms with van der Waals surface area (Å²) in [4.78, 5) is 23.1. The molecule has 0 radical (unpaired) electrons. The zero-order chi connectivity index (χ0) is 28.1. The number of aryl methyl sites for hydroxylation is 1. The summed E-state index contributed by atoms with van der Waals surface area (Å²) < 4.78 is 0. The first-order valence-corrected chi connectivity index (χ1v) is 14.5. The van der Waals surface area contributed by atoms with E-state index >= 15 is 0 Å². The van der Waals surface area contributed by atoms with E-state index in [4.69, 9.17) is 5.11 Å². The molecule has 5 heteroatoms. The molecule has 3 N–H and O–H groups in total. The lowest BCUT2D eigenvalue weighted by Gasteiger charge is -2.53. The molecule has 206 valence electrons. The van der Waals surface area contributed by atoms with Crippen molar-refractivity contribution in [2.75, 3.05) is 11.9 Å². The van der Waals surface area contributed by atoms with E-state index in [1.807, 2.05) is 30.3 Å². The molecule has 2 aromatic carbocycles. The summed E-state index contributed by atoms with van der Waals surface area (Å²) in [6.45, 7) is 4.26. The molecule has 0 amide bonds. The smallest absolute Gasteiger partial charge is 0.322 e. The molecule has 2 saturated carbocycles. The SMILES string of the molecule is Cc1cccc([C@H]2C[C@@]3(C)[C@@H](CC[C@@]3(O)C#Cc3ccc(NCC(=O)O)cc3)[C@@H]3CCC4=CC(=O)CCC4=C32)c1. The lowest BCUT2D eigenvalue weighted by molar-refractivity contribution is -0.135. The molecule has 0 bridgehead atoms. The van der Waals surface area contributed by atoms with Crippen LogP contribution in [0, 0.1) is 36.0 Å². The zero-order valence-electron chi connectivity index (χ0n) is 23.3. The molecule has 4 aliphatic rings. The Bertz CT molecular complexity index is 1490. The number of carbonyl (C=O) groups excluding carboxylic acids is 1. The summed E-state index contributed by atoms with van der Waals surface area (Å²) in [5.74, 6) is 6.88. The topological polar surface area (TPSA) is 86.6 Å². The Hall–Kier alpha value is -3.62. The van der Waals surface area contributed by atoms with E-state index in [-0.39, 0.29) is 23.7 Å². The van der Waals surface area contributed by atoms with Crippen LogP contribution in [0.25, 0.3) is 0 Å². The summed E-state index contributed by atoms with van der Waals surface area (Å²) in [5.41, 5.74) is 6.79. The number of rotatable bonds is 4. The second kappa shape index (κ2) is 10.1. The number of carboxylic acids is 1. The second-order valence-corrected chi connectivity index (χ2v) is 12.4. The third-order valence-corrected chi connectivity index (χ3v) is 10.1. The molecule has 5 nitrogen and oxygen atoms in total. The molecule has 6 rings (SSSR count). The van der Waals surface area contributed by atoms with Gasteiger partial charge in [0.1, 0.15) is 12.1 Å². The number of carboxylic acid groups (broad SMARTS) is 1. The van der Waals surface area contributed by atoms with Crippen molar-refractivity contribution >= 4 is 17.4 Å². The van der Waals surface area contributed by atoms with Gasteiger partial charge in [0.2, 0.25) is 0 Å². The fraction of sp³-hybridized carbons (Fsp3) is 0.429. The number of nitrogens with one attached hydrogen (secondary N) is 1. The Morgan fingerprint density at radius 1 is 1.10 bits per heavy atom. The second-order valence-electron chi connectivity index (χ2n) is 12.4. The summed E-state index contributed by atoms with van der Waals surface area (Å²) in [6, 6.07) is 16.2. The number of aliphatic hydroxyl groups is 1. The highest BCUT2D eigenvalue weighted by Gasteiger charge is 2.62. The highest BCUT2D eigenvalue weighted by molar-refractivity contribution is 5.93. The molecule has 0 aromatic heterocycles. The third kappa shape index (κ3) is 4.59. The van der Waals surface area contributed by atoms with Crippen molar-refractivity contribution in [3.05, 3.63) is 88.0 Å². The van der Waals surface area contributed by atoms with Gasteiger partial charge in [0.15, 0.2) is 5.78 Å². The number of allylic oxidation sites excluding steroid dienone is 4. The van der Waals surface area contributed by atoms with Crippen LogP contribution in [0.1, 0.15) is 74.5 Å². The van der Waals surface area contributed by atoms with Crippen LogP contribution in [0.5, 0.6) is 0 Å². The lowest BCUT2D eigenvalue weighted by Crippen LogP contribution is -2.51. The normalized spacial score (nSPS) is 30.8. The Labute approximate surface area is 236 Å². The number of carbonyl (C=O) groups is 2. The van der Waals surface area contributed by atoms with Gasteiger partial charge in [-0.1, -0.05) is 54.2 Å². The highest BCUT2D eigenvalue weighted by atomic mass is 16.4. The Balaban J connectivity index is 1.37. The van der Waals surface area contributed by atoms with Gasteiger partial charge in [-0.25, -0.2) is 0 Å². The van der Waals surface area contributed by atoms with Crippen LogP contribution in [0.2, 0.25) is 0 Å². The molecule has 2 fully saturated rings. The maximum Gasteiger partial charge on any atom is 0.322 e. The third-order valence-electron chi connectivity index (χ3n) is 10.1. The van der Waals surface area contributed by atoms with Crippen LogP contribution in [-0.4, -0.2) is 34.1 Å². The first kappa shape index (κ1) is 26.6. The number of benzene rings is 2. The maximum atomic E-state index is 12.3. The first-order chi connectivity index (χ1) is 19.2. The summed E-state index contributed by atoms with van der Waals surface area (Å²) in [6.07, 6.45) is 7.73. The van der Waals surface area contributed by atoms with E-state index in [1.54, 1.807) is 0 Å². The highest BCUT2D eigenvalue weighted by Crippen LogP contribution is 2.66. The summed E-state index contributed by atoms with van der Waals surface area (Å²) in [5, 5.41) is 24.0. The minimum Gasteiger partial charge on any atom is -0.480 e. The molecule has 0 aliphatic heterocycles. The average Bonchev–Trinajstić information content (AvgIpc) is 3.20. The van der Waals surface area contributed by atoms with Gasteiger partial charge in [-0.3, -0.25) is 9.59 Å². The van der Waals surface area contributed by atoms with Crippen molar-refractivity contribution < 1.29 is 19.8 Å². The average molecular weight is 536 g/mol. The molecule has 2 aromatic rings. The van der Waals surface area contributed by atoms with E-state index in [0.717, 1.165) is 43.4 Å². The number of fused-ring (bicyclic) bond motifs is 4. The van der Waals surface area contributed by atoms with Crippen molar-refractivity contribution in [3.63, 3.8) is 0 Å². The predicted molar refractivity (Wildman–Crippen MR) is 156 cm³/mol. The van der Waals surface area contributed by atoms with Gasteiger partial charge in [-0.15, -0.1) is 0 Å². The number of aliphatic carboxylic acids is 1. The van der Waals surface area contributed by atoms with Gasteiger partial charge >= 0.3 is 5.97 Å². The number of hydrogen-bond donors (Lipinski definition) is 3. The molecule has 0 unspecified atom stereocenters. The van der Waals surface area contributed by atoms with E-state index in [9.17, 15) is 14.7 Å². The standard InChI is InChI=1S/C35H37NO4/c1-22-4-3-5-24(18-22)30-20-34(2)31(29-12-8-25-19-27(37)11-13-28(25)33(29)30)15-17-35(34,40)16-14-23-6-9-26(10-7-23)36-21-32(38)39/h3-7,9-10,18-19,29-31,36,40H,8,11-13,15,17,20-21H2,1-2H3,(H,38,39)/t29-,30+,31-,34-,35-/m0/s1. The molecular weight excluding hydrogens is 498 g/mol. The lowest BCUT2D eigenvalue weighted by atomic mass is 9.51. The van der Waals surface area contributed by atoms with Gasteiger partial charge in [0, 0.05) is 29.0 Å². The van der Waals surface area contributed by atoms with Gasteiger partial charge in [-0.2, -0.15) is 0 Å². The fourth-order valence-electron chi connectivity index (χ4n) is 8.08. The van der Waals surface area contributed by atoms with Gasteiger partial charge < -0.3 is 15.5 Å². The van der Waals surface area contributed by atoms with Crippen LogP contribution >= 0.6 is 0 Å². The first-order valence-electron chi connectivity index (χ1n) is 14.5. The van der Waals surface area contributed by atoms with Gasteiger partial charge in [-0.05, 0) is 104 Å². The molecule has 0 heterocycles. The molecule has 0 saturated heterocycles. The molecule has 4 aliphatic carbocycles. The van der Waals surface area contributed by atoms with Crippen molar-refractivity contribution in [1.29, 1.82) is 0 Å². The van der Waals surface area contributed by atoms with E-state index in [0.29, 0.717) is 24.7 Å². The van der Waals surface area contributed by atoms with Crippen molar-refractivity contribution in [2.45, 2.75) is 70.3 Å². The molecule has 0 spiro atoms. The summed E-state index contributed by atoms with van der Waals surface area (Å²) >= 11 is 0. The van der Waals surface area contributed by atoms with E-state index < -0.39 is 11.6 Å². The Kier molecular flexibility index (Phi) is 6.71. The number of hydrogen-bond acceptors (Lipinski definition) is 4. The zero-order valence-corrected chi connectivity index (χ0v) is 23.3. The summed E-state index contributed by atoms with van der Waals surface area (Å²) in [7, 11) is 0. The number of ketones is 1. The molecular formula is C35H37NO4. The van der Waals surface area contributed by atoms with Crippen molar-refractivity contribution in [3.8, 4) is 11.8 Å².